The summed E-state index contributed by atoms with van der Waals surface area (Å²) in [5, 5.41) is 8.85. The van der Waals surface area contributed by atoms with Crippen molar-refractivity contribution in [1.29, 1.82) is 5.26 Å². The number of sulfone groups is 1. The van der Waals surface area contributed by atoms with Crippen LogP contribution in [0.15, 0.2) is 17.0 Å². The molecule has 0 bridgehead atoms. The lowest BCUT2D eigenvalue weighted by Gasteiger charge is -2.07. The van der Waals surface area contributed by atoms with Crippen LogP contribution in [0.2, 0.25) is 0 Å². The zero-order chi connectivity index (χ0) is 13.9. The summed E-state index contributed by atoms with van der Waals surface area (Å²) in [6, 6.07) is 3.74. The van der Waals surface area contributed by atoms with Crippen LogP contribution in [0.1, 0.15) is 26.3 Å². The van der Waals surface area contributed by atoms with Crippen molar-refractivity contribution in [3.05, 3.63) is 28.8 Å². The fourth-order valence-corrected chi connectivity index (χ4v) is 2.25. The van der Waals surface area contributed by atoms with Crippen LogP contribution in [-0.4, -0.2) is 34.0 Å². The van der Waals surface area contributed by atoms with E-state index in [0.29, 0.717) is 6.29 Å². The van der Waals surface area contributed by atoms with E-state index in [2.05, 4.69) is 4.74 Å². The Hall–Kier alpha value is -2.20. The number of methoxy groups -OCH3 is 1. The normalized spacial score (nSPS) is 10.5. The number of rotatable bonds is 3. The molecule has 0 aliphatic carbocycles. The molecule has 1 aromatic rings. The van der Waals surface area contributed by atoms with E-state index in [4.69, 9.17) is 5.26 Å². The molecule has 0 spiro atoms. The number of carbonyl (C=O) groups is 2. The second-order valence-electron chi connectivity index (χ2n) is 3.43. The van der Waals surface area contributed by atoms with E-state index in [-0.39, 0.29) is 21.6 Å². The first-order chi connectivity index (χ1) is 8.35. The summed E-state index contributed by atoms with van der Waals surface area (Å²) in [7, 11) is -2.57. The Bertz CT molecular complexity index is 655. The second kappa shape index (κ2) is 4.98. The van der Waals surface area contributed by atoms with Crippen molar-refractivity contribution in [2.45, 2.75) is 4.90 Å². The van der Waals surface area contributed by atoms with Gasteiger partial charge >= 0.3 is 5.97 Å². The van der Waals surface area contributed by atoms with E-state index in [0.717, 1.165) is 25.5 Å². The van der Waals surface area contributed by atoms with Crippen molar-refractivity contribution in [3.8, 4) is 6.07 Å². The van der Waals surface area contributed by atoms with E-state index in [9.17, 15) is 18.0 Å². The smallest absolute Gasteiger partial charge is 0.339 e. The number of esters is 1. The average Bonchev–Trinajstić information content (AvgIpc) is 2.34. The molecule has 0 atom stereocenters. The predicted octanol–water partition coefficient (Wildman–Crippen LogP) is 0.561. The van der Waals surface area contributed by atoms with Gasteiger partial charge in [0.2, 0.25) is 0 Å². The van der Waals surface area contributed by atoms with Crippen molar-refractivity contribution in [2.75, 3.05) is 13.4 Å². The maximum atomic E-state index is 11.5. The number of nitriles is 1. The number of carbonyl (C=O) groups excluding carboxylic acids is 2. The van der Waals surface area contributed by atoms with E-state index < -0.39 is 15.8 Å². The van der Waals surface area contributed by atoms with Crippen molar-refractivity contribution in [3.63, 3.8) is 0 Å². The van der Waals surface area contributed by atoms with Crippen LogP contribution >= 0.6 is 0 Å². The molecule has 1 rings (SSSR count). The minimum atomic E-state index is -3.68. The van der Waals surface area contributed by atoms with Gasteiger partial charge in [0.05, 0.1) is 23.1 Å². The highest BCUT2D eigenvalue weighted by Crippen LogP contribution is 2.20. The van der Waals surface area contributed by atoms with Gasteiger partial charge in [-0.3, -0.25) is 4.79 Å². The van der Waals surface area contributed by atoms with Crippen LogP contribution < -0.4 is 0 Å². The number of ether oxygens (including phenoxy) is 1. The Kier molecular flexibility index (Phi) is 3.83. The summed E-state index contributed by atoms with van der Waals surface area (Å²) < 4.78 is 27.4. The highest BCUT2D eigenvalue weighted by molar-refractivity contribution is 7.90. The maximum Gasteiger partial charge on any atom is 0.339 e. The van der Waals surface area contributed by atoms with Gasteiger partial charge in [-0.2, -0.15) is 5.26 Å². The van der Waals surface area contributed by atoms with Gasteiger partial charge in [0.1, 0.15) is 6.07 Å². The Morgan fingerprint density at radius 3 is 2.44 bits per heavy atom. The molecule has 0 aliphatic rings. The highest BCUT2D eigenvalue weighted by atomic mass is 32.2. The molecule has 0 aromatic heterocycles. The molecule has 1 aromatic carbocycles. The molecule has 0 saturated heterocycles. The van der Waals surface area contributed by atoms with Gasteiger partial charge in [0.15, 0.2) is 16.1 Å². The van der Waals surface area contributed by atoms with Gasteiger partial charge < -0.3 is 4.74 Å². The molecular formula is C11H9NO5S. The van der Waals surface area contributed by atoms with Crippen molar-refractivity contribution in [1.82, 2.24) is 0 Å². The Balaban J connectivity index is 3.71. The van der Waals surface area contributed by atoms with Crippen LogP contribution in [-0.2, 0) is 14.6 Å². The molecule has 0 fully saturated rings. The summed E-state index contributed by atoms with van der Waals surface area (Å²) in [4.78, 5) is 21.9. The monoisotopic (exact) mass is 267 g/mol. The standard InChI is InChI=1S/C11H9NO5S/c1-17-11(14)9-4-10(18(2,15)16)8(6-13)3-7(9)5-12/h3-4,6H,1-2H3. The summed E-state index contributed by atoms with van der Waals surface area (Å²) in [6.45, 7) is 0. The van der Waals surface area contributed by atoms with Gasteiger partial charge in [-0.15, -0.1) is 0 Å². The third-order valence-corrected chi connectivity index (χ3v) is 3.35. The summed E-state index contributed by atoms with van der Waals surface area (Å²) in [5.41, 5.74) is -0.468. The van der Waals surface area contributed by atoms with Crippen molar-refractivity contribution >= 4 is 22.1 Å². The number of nitrogens with zero attached hydrogens (tertiary/aromatic N) is 1. The van der Waals surface area contributed by atoms with Gasteiger partial charge in [-0.05, 0) is 12.1 Å². The first-order valence-corrected chi connectivity index (χ1v) is 6.56. The maximum absolute atomic E-state index is 11.5. The first kappa shape index (κ1) is 13.9. The average molecular weight is 267 g/mol. The van der Waals surface area contributed by atoms with Crippen LogP contribution in [0.25, 0.3) is 0 Å². The molecule has 0 unspecified atom stereocenters. The van der Waals surface area contributed by atoms with E-state index in [1.54, 1.807) is 6.07 Å². The number of hydrogen-bond acceptors (Lipinski definition) is 6. The lowest BCUT2D eigenvalue weighted by molar-refractivity contribution is 0.0600. The van der Waals surface area contributed by atoms with Gasteiger partial charge in [0.25, 0.3) is 0 Å². The molecule has 0 aliphatic heterocycles. The summed E-state index contributed by atoms with van der Waals surface area (Å²) >= 11 is 0. The van der Waals surface area contributed by atoms with Gasteiger partial charge in [-0.1, -0.05) is 0 Å². The van der Waals surface area contributed by atoms with Crippen LogP contribution in [0.5, 0.6) is 0 Å². The fourth-order valence-electron chi connectivity index (χ4n) is 1.38. The Morgan fingerprint density at radius 1 is 1.44 bits per heavy atom. The highest BCUT2D eigenvalue weighted by Gasteiger charge is 2.20. The molecule has 0 heterocycles. The molecule has 0 amide bonds. The summed E-state index contributed by atoms with van der Waals surface area (Å²) in [6.07, 6.45) is 1.22. The van der Waals surface area contributed by atoms with Crippen LogP contribution in [0.4, 0.5) is 0 Å². The second-order valence-corrected chi connectivity index (χ2v) is 5.41. The number of benzene rings is 1. The van der Waals surface area contributed by atoms with Crippen molar-refractivity contribution in [2.24, 2.45) is 0 Å². The molecule has 0 radical (unpaired) electrons. The first-order valence-electron chi connectivity index (χ1n) is 4.66. The predicted molar refractivity (Wildman–Crippen MR) is 61.0 cm³/mol. The SMILES string of the molecule is COC(=O)c1cc(S(C)(=O)=O)c(C=O)cc1C#N. The molecule has 7 heteroatoms. The minimum Gasteiger partial charge on any atom is -0.465 e. The number of hydrogen-bond donors (Lipinski definition) is 0. The van der Waals surface area contributed by atoms with E-state index in [1.165, 1.54) is 0 Å². The third kappa shape index (κ3) is 2.55. The lowest BCUT2D eigenvalue weighted by Crippen LogP contribution is -2.10. The zero-order valence-corrected chi connectivity index (χ0v) is 10.4. The van der Waals surface area contributed by atoms with Gasteiger partial charge in [-0.25, -0.2) is 13.2 Å². The molecule has 18 heavy (non-hydrogen) atoms. The molecule has 6 nitrogen and oxygen atoms in total. The fraction of sp³-hybridized carbons (Fsp3) is 0.182. The van der Waals surface area contributed by atoms with Crippen LogP contribution in [0.3, 0.4) is 0 Å². The third-order valence-electron chi connectivity index (χ3n) is 2.20. The lowest BCUT2D eigenvalue weighted by atomic mass is 10.1. The number of aldehydes is 1. The van der Waals surface area contributed by atoms with Crippen LogP contribution in [0, 0.1) is 11.3 Å². The topological polar surface area (TPSA) is 101 Å². The zero-order valence-electron chi connectivity index (χ0n) is 9.63. The molecule has 0 N–H and O–H groups in total. The minimum absolute atomic E-state index is 0.114. The molecular weight excluding hydrogens is 258 g/mol. The quantitative estimate of drug-likeness (QED) is 0.585. The molecule has 94 valence electrons. The molecule has 0 saturated carbocycles. The van der Waals surface area contributed by atoms with Gasteiger partial charge in [0, 0.05) is 11.8 Å². The van der Waals surface area contributed by atoms with Crippen molar-refractivity contribution < 1.29 is 22.7 Å². The van der Waals surface area contributed by atoms with E-state index in [1.807, 2.05) is 0 Å². The largest absolute Gasteiger partial charge is 0.465 e. The summed E-state index contributed by atoms with van der Waals surface area (Å²) in [5.74, 6) is -0.839. The van der Waals surface area contributed by atoms with E-state index >= 15 is 0 Å². The Morgan fingerprint density at radius 2 is 2.06 bits per heavy atom. The Labute approximate surface area is 104 Å².